The van der Waals surface area contributed by atoms with Crippen LogP contribution in [0.15, 0.2) is 42.5 Å². The van der Waals surface area contributed by atoms with Crippen LogP contribution in [0.3, 0.4) is 0 Å². The predicted octanol–water partition coefficient (Wildman–Crippen LogP) is 4.23. The van der Waals surface area contributed by atoms with E-state index in [1.165, 1.54) is 47.4 Å². The van der Waals surface area contributed by atoms with Crippen molar-refractivity contribution >= 4 is 50.7 Å². The molecule has 0 fully saturated rings. The first-order chi connectivity index (χ1) is 15.8. The van der Waals surface area contributed by atoms with Crippen LogP contribution < -0.4 is 9.62 Å². The molecule has 11 heteroatoms. The summed E-state index contributed by atoms with van der Waals surface area (Å²) in [6, 6.07) is 8.70. The van der Waals surface area contributed by atoms with Gasteiger partial charge >= 0.3 is 0 Å². The van der Waals surface area contributed by atoms with E-state index in [0.717, 1.165) is 10.6 Å². The number of carbonyl (C=O) groups is 2. The fraction of sp³-hybridized carbons (Fsp3) is 0.391. The van der Waals surface area contributed by atoms with Gasteiger partial charge in [-0.05, 0) is 56.2 Å². The summed E-state index contributed by atoms with van der Waals surface area (Å²) in [4.78, 5) is 27.5. The van der Waals surface area contributed by atoms with Gasteiger partial charge in [0, 0.05) is 12.6 Å². The van der Waals surface area contributed by atoms with Crippen LogP contribution in [0.4, 0.5) is 10.1 Å². The van der Waals surface area contributed by atoms with Gasteiger partial charge in [0.2, 0.25) is 21.8 Å². The molecule has 2 aromatic carbocycles. The van der Waals surface area contributed by atoms with E-state index in [1.54, 1.807) is 6.92 Å². The average Bonchev–Trinajstić information content (AvgIpc) is 2.77. The number of rotatable bonds is 10. The van der Waals surface area contributed by atoms with Crippen LogP contribution in [0.1, 0.15) is 32.8 Å². The van der Waals surface area contributed by atoms with Gasteiger partial charge in [-0.25, -0.2) is 12.8 Å². The number of amides is 2. The summed E-state index contributed by atoms with van der Waals surface area (Å²) in [7, 11) is -3.89. The zero-order chi connectivity index (χ0) is 25.6. The Morgan fingerprint density at radius 3 is 2.21 bits per heavy atom. The lowest BCUT2D eigenvalue weighted by molar-refractivity contribution is -0.139. The molecule has 0 aliphatic carbocycles. The van der Waals surface area contributed by atoms with Gasteiger partial charge in [0.05, 0.1) is 22.0 Å². The van der Waals surface area contributed by atoms with Crippen molar-refractivity contribution in [2.24, 2.45) is 0 Å². The first-order valence-corrected chi connectivity index (χ1v) is 13.2. The summed E-state index contributed by atoms with van der Waals surface area (Å²) < 4.78 is 39.3. The van der Waals surface area contributed by atoms with Crippen LogP contribution in [-0.4, -0.2) is 50.0 Å². The Kier molecular flexibility index (Phi) is 9.73. The first kappa shape index (κ1) is 27.9. The number of hydrogen-bond acceptors (Lipinski definition) is 4. The van der Waals surface area contributed by atoms with Crippen molar-refractivity contribution in [1.82, 2.24) is 10.2 Å². The summed E-state index contributed by atoms with van der Waals surface area (Å²) in [5.41, 5.74) is 0.738. The van der Waals surface area contributed by atoms with Crippen molar-refractivity contribution < 1.29 is 22.4 Å². The lowest BCUT2D eigenvalue weighted by Crippen LogP contribution is -2.52. The third-order valence-electron chi connectivity index (χ3n) is 5.30. The lowest BCUT2D eigenvalue weighted by Gasteiger charge is -2.32. The average molecular weight is 532 g/mol. The second-order valence-corrected chi connectivity index (χ2v) is 10.7. The number of halogens is 3. The van der Waals surface area contributed by atoms with E-state index >= 15 is 0 Å². The molecule has 0 heterocycles. The maximum atomic E-state index is 13.4. The van der Waals surface area contributed by atoms with Crippen molar-refractivity contribution in [3.8, 4) is 0 Å². The number of anilines is 1. The molecular formula is C23H28Cl2FN3O4S. The summed E-state index contributed by atoms with van der Waals surface area (Å²) in [5, 5.41) is 3.20. The van der Waals surface area contributed by atoms with Gasteiger partial charge in [-0.2, -0.15) is 0 Å². The fourth-order valence-corrected chi connectivity index (χ4v) is 4.22. The van der Waals surface area contributed by atoms with E-state index in [9.17, 15) is 22.4 Å². The van der Waals surface area contributed by atoms with Gasteiger partial charge in [0.25, 0.3) is 0 Å². The van der Waals surface area contributed by atoms with Crippen LogP contribution in [0.5, 0.6) is 0 Å². The van der Waals surface area contributed by atoms with Crippen LogP contribution in [0.25, 0.3) is 0 Å². The zero-order valence-electron chi connectivity index (χ0n) is 19.4. The molecule has 0 saturated carbocycles. The van der Waals surface area contributed by atoms with Gasteiger partial charge in [-0.15, -0.1) is 0 Å². The molecule has 0 spiro atoms. The van der Waals surface area contributed by atoms with Gasteiger partial charge in [0.1, 0.15) is 18.4 Å². The van der Waals surface area contributed by atoms with E-state index in [1.807, 2.05) is 13.8 Å². The van der Waals surface area contributed by atoms with Gasteiger partial charge in [-0.1, -0.05) is 42.3 Å². The molecule has 0 aliphatic heterocycles. The molecule has 0 bridgehead atoms. The molecule has 7 nitrogen and oxygen atoms in total. The van der Waals surface area contributed by atoms with E-state index in [4.69, 9.17) is 23.2 Å². The Bertz CT molecular complexity index is 1130. The number of sulfonamides is 1. The molecule has 1 N–H and O–H groups in total. The molecule has 2 rings (SSSR count). The van der Waals surface area contributed by atoms with Crippen LogP contribution >= 0.6 is 23.2 Å². The Hall–Kier alpha value is -2.36. The van der Waals surface area contributed by atoms with Crippen molar-refractivity contribution in [1.29, 1.82) is 0 Å². The summed E-state index contributed by atoms with van der Waals surface area (Å²) in [6.07, 6.45) is 1.66. The van der Waals surface area contributed by atoms with Crippen LogP contribution in [0.2, 0.25) is 10.0 Å². The van der Waals surface area contributed by atoms with Gasteiger partial charge in [-0.3, -0.25) is 13.9 Å². The first-order valence-electron chi connectivity index (χ1n) is 10.6. The predicted molar refractivity (Wildman–Crippen MR) is 133 cm³/mol. The molecule has 0 aromatic heterocycles. The highest BCUT2D eigenvalue weighted by molar-refractivity contribution is 7.92. The summed E-state index contributed by atoms with van der Waals surface area (Å²) >= 11 is 12.0. The highest BCUT2D eigenvalue weighted by Gasteiger charge is 2.30. The largest absolute Gasteiger partial charge is 0.352 e. The maximum absolute atomic E-state index is 13.4. The van der Waals surface area contributed by atoms with Crippen molar-refractivity contribution in [3.05, 3.63) is 63.9 Å². The van der Waals surface area contributed by atoms with E-state index in [0.29, 0.717) is 12.0 Å². The Labute approximate surface area is 209 Å². The molecule has 0 radical (unpaired) electrons. The molecule has 0 saturated heterocycles. The highest BCUT2D eigenvalue weighted by Crippen LogP contribution is 2.28. The second-order valence-electron chi connectivity index (χ2n) is 8.01. The standard InChI is InChI=1S/C23H28Cl2FN3O4S/c1-5-15(2)27-23(31)16(3)28(13-17-6-8-18(26)9-7-17)22(30)14-29(34(4,32)33)19-10-11-20(24)21(25)12-19/h6-12,15-16H,5,13-14H2,1-4H3,(H,27,31)/t15-,16-/m1/s1. The molecule has 34 heavy (non-hydrogen) atoms. The van der Waals surface area contributed by atoms with Crippen LogP contribution in [-0.2, 0) is 26.2 Å². The minimum absolute atomic E-state index is 0.0207. The minimum Gasteiger partial charge on any atom is -0.352 e. The molecule has 0 aliphatic rings. The Morgan fingerprint density at radius 2 is 1.68 bits per heavy atom. The van der Waals surface area contributed by atoms with Crippen molar-refractivity contribution in [2.45, 2.75) is 45.8 Å². The van der Waals surface area contributed by atoms with E-state index in [2.05, 4.69) is 5.32 Å². The third kappa shape index (κ3) is 7.58. The summed E-state index contributed by atoms with van der Waals surface area (Å²) in [6.45, 7) is 4.72. The highest BCUT2D eigenvalue weighted by atomic mass is 35.5. The minimum atomic E-state index is -3.89. The second kappa shape index (κ2) is 11.9. The Balaban J connectivity index is 2.39. The normalized spacial score (nSPS) is 13.1. The van der Waals surface area contributed by atoms with Crippen LogP contribution in [0, 0.1) is 5.82 Å². The Morgan fingerprint density at radius 1 is 1.06 bits per heavy atom. The number of nitrogens with one attached hydrogen (secondary N) is 1. The van der Waals surface area contributed by atoms with Gasteiger partial charge in [0.15, 0.2) is 0 Å². The molecule has 0 unspecified atom stereocenters. The molecule has 186 valence electrons. The molecule has 2 aromatic rings. The monoisotopic (exact) mass is 531 g/mol. The SMILES string of the molecule is CC[C@@H](C)NC(=O)[C@@H](C)N(Cc1ccc(F)cc1)C(=O)CN(c1ccc(Cl)c(Cl)c1)S(C)(=O)=O. The summed E-state index contributed by atoms with van der Waals surface area (Å²) in [5.74, 6) is -1.44. The van der Waals surface area contributed by atoms with E-state index in [-0.39, 0.29) is 34.2 Å². The smallest absolute Gasteiger partial charge is 0.244 e. The van der Waals surface area contributed by atoms with Crippen molar-refractivity contribution in [2.75, 3.05) is 17.1 Å². The number of benzene rings is 2. The van der Waals surface area contributed by atoms with Crippen molar-refractivity contribution in [3.63, 3.8) is 0 Å². The number of nitrogens with zero attached hydrogens (tertiary/aromatic N) is 2. The molecular weight excluding hydrogens is 504 g/mol. The fourth-order valence-electron chi connectivity index (χ4n) is 3.09. The number of hydrogen-bond donors (Lipinski definition) is 1. The lowest BCUT2D eigenvalue weighted by atomic mass is 10.1. The van der Waals surface area contributed by atoms with E-state index < -0.39 is 34.3 Å². The number of carbonyl (C=O) groups excluding carboxylic acids is 2. The topological polar surface area (TPSA) is 86.8 Å². The third-order valence-corrected chi connectivity index (χ3v) is 7.18. The molecule has 2 amide bonds. The quantitative estimate of drug-likeness (QED) is 0.496. The zero-order valence-corrected chi connectivity index (χ0v) is 21.7. The molecule has 2 atom stereocenters. The van der Waals surface area contributed by atoms with Gasteiger partial charge < -0.3 is 10.2 Å². The maximum Gasteiger partial charge on any atom is 0.244 e.